The van der Waals surface area contributed by atoms with E-state index >= 15 is 0 Å². The predicted octanol–water partition coefficient (Wildman–Crippen LogP) is 3.48. The smallest absolute Gasteiger partial charge is 0.235 e. The number of hydrogen-bond acceptors (Lipinski definition) is 3. The first-order chi connectivity index (χ1) is 8.70. The zero-order valence-electron chi connectivity index (χ0n) is 10.7. The predicted molar refractivity (Wildman–Crippen MR) is 73.9 cm³/mol. The van der Waals surface area contributed by atoms with Crippen LogP contribution in [0.25, 0.3) is 0 Å². The number of isocyanates is 1. The molecule has 0 N–H and O–H groups in total. The zero-order valence-corrected chi connectivity index (χ0v) is 12.3. The Morgan fingerprint density at radius 3 is 2.61 bits per heavy atom. The van der Waals surface area contributed by atoms with Gasteiger partial charge < -0.3 is 4.74 Å². The molecule has 0 unspecified atom stereocenters. The molecule has 0 aromatic heterocycles. The highest BCUT2D eigenvalue weighted by atomic mass is 79.9. The number of benzene rings is 1. The minimum atomic E-state index is 0.338. The highest BCUT2D eigenvalue weighted by molar-refractivity contribution is 9.10. The van der Waals surface area contributed by atoms with Crippen LogP contribution in [0.2, 0.25) is 0 Å². The minimum Gasteiger partial charge on any atom is -0.495 e. The second kappa shape index (κ2) is 5.68. The fraction of sp³-hybridized carbons (Fsp3) is 0.500. The van der Waals surface area contributed by atoms with Crippen molar-refractivity contribution in [2.45, 2.75) is 39.2 Å². The number of aliphatic imine (C=N–C) groups is 1. The Morgan fingerprint density at radius 1 is 1.33 bits per heavy atom. The molecule has 0 atom stereocenters. The maximum atomic E-state index is 10.3. The lowest BCUT2D eigenvalue weighted by Crippen LogP contribution is -2.10. The van der Waals surface area contributed by atoms with Crippen LogP contribution < -0.4 is 4.74 Å². The van der Waals surface area contributed by atoms with Crippen molar-refractivity contribution in [3.8, 4) is 5.75 Å². The number of hydrogen-bond donors (Lipinski definition) is 0. The third-order valence-corrected chi connectivity index (χ3v) is 4.46. The van der Waals surface area contributed by atoms with E-state index in [1.54, 1.807) is 13.2 Å². The molecule has 0 fully saturated rings. The summed E-state index contributed by atoms with van der Waals surface area (Å²) in [4.78, 5) is 14.0. The summed E-state index contributed by atoms with van der Waals surface area (Å²) in [5, 5.41) is 0. The van der Waals surface area contributed by atoms with E-state index in [1.165, 1.54) is 29.5 Å². The maximum Gasteiger partial charge on any atom is 0.235 e. The van der Waals surface area contributed by atoms with Crippen molar-refractivity contribution in [3.63, 3.8) is 0 Å². The van der Waals surface area contributed by atoms with Crippen LogP contribution in [0.3, 0.4) is 0 Å². The molecule has 0 bridgehead atoms. The molecule has 1 aromatic carbocycles. The number of fused-ring (bicyclic) bond motifs is 1. The Labute approximate surface area is 115 Å². The van der Waals surface area contributed by atoms with E-state index in [-0.39, 0.29) is 0 Å². The summed E-state index contributed by atoms with van der Waals surface area (Å²) >= 11 is 3.64. The average molecular weight is 310 g/mol. The van der Waals surface area contributed by atoms with Gasteiger partial charge in [-0.3, -0.25) is 0 Å². The molecule has 0 saturated heterocycles. The lowest BCUT2D eigenvalue weighted by atomic mass is 9.86. The van der Waals surface area contributed by atoms with Gasteiger partial charge in [0.1, 0.15) is 5.75 Å². The lowest BCUT2D eigenvalue weighted by molar-refractivity contribution is 0.405. The van der Waals surface area contributed by atoms with Gasteiger partial charge in [0.2, 0.25) is 6.08 Å². The van der Waals surface area contributed by atoms with Crippen LogP contribution >= 0.6 is 15.9 Å². The first-order valence-electron chi connectivity index (χ1n) is 6.11. The molecule has 0 spiro atoms. The molecule has 1 aliphatic rings. The molecule has 0 heterocycles. The third-order valence-electron chi connectivity index (χ3n) is 3.62. The SMILES string of the molecule is COc1c(Br)c2c(c(C)c1CN=C=O)CCCC2. The molecule has 4 heteroatoms. The highest BCUT2D eigenvalue weighted by Gasteiger charge is 2.22. The van der Waals surface area contributed by atoms with Gasteiger partial charge in [0.05, 0.1) is 18.1 Å². The molecule has 1 aromatic rings. The van der Waals surface area contributed by atoms with E-state index in [1.807, 2.05) is 0 Å². The summed E-state index contributed by atoms with van der Waals surface area (Å²) in [6.07, 6.45) is 6.23. The van der Waals surface area contributed by atoms with Gasteiger partial charge in [0.15, 0.2) is 0 Å². The topological polar surface area (TPSA) is 38.7 Å². The van der Waals surface area contributed by atoms with E-state index in [0.29, 0.717) is 6.54 Å². The molecular weight excluding hydrogens is 294 g/mol. The maximum absolute atomic E-state index is 10.3. The fourth-order valence-corrected chi connectivity index (χ4v) is 3.54. The van der Waals surface area contributed by atoms with Gasteiger partial charge in [-0.15, -0.1) is 0 Å². The van der Waals surface area contributed by atoms with Crippen LogP contribution in [0.4, 0.5) is 0 Å². The van der Waals surface area contributed by atoms with Crippen LogP contribution in [0, 0.1) is 6.92 Å². The Bertz CT molecular complexity index is 519. The van der Waals surface area contributed by atoms with Crippen molar-refractivity contribution in [2.24, 2.45) is 4.99 Å². The largest absolute Gasteiger partial charge is 0.495 e. The Kier molecular flexibility index (Phi) is 4.20. The molecule has 0 saturated carbocycles. The normalized spacial score (nSPS) is 13.7. The van der Waals surface area contributed by atoms with Crippen molar-refractivity contribution in [1.82, 2.24) is 0 Å². The number of halogens is 1. The van der Waals surface area contributed by atoms with E-state index in [0.717, 1.165) is 28.6 Å². The van der Waals surface area contributed by atoms with E-state index < -0.39 is 0 Å². The second-order valence-corrected chi connectivity index (χ2v) is 5.32. The van der Waals surface area contributed by atoms with Crippen molar-refractivity contribution >= 4 is 22.0 Å². The molecule has 2 rings (SSSR count). The van der Waals surface area contributed by atoms with Crippen LogP contribution in [0.15, 0.2) is 9.47 Å². The molecule has 0 amide bonds. The van der Waals surface area contributed by atoms with Crippen molar-refractivity contribution < 1.29 is 9.53 Å². The molecule has 1 aliphatic carbocycles. The number of rotatable bonds is 3. The van der Waals surface area contributed by atoms with Gasteiger partial charge in [-0.2, -0.15) is 0 Å². The molecule has 0 radical (unpaired) electrons. The number of carbonyl (C=O) groups excluding carboxylic acids is 1. The summed E-state index contributed by atoms with van der Waals surface area (Å²) in [6, 6.07) is 0. The number of methoxy groups -OCH3 is 1. The van der Waals surface area contributed by atoms with Gasteiger partial charge in [-0.05, 0) is 65.2 Å². The van der Waals surface area contributed by atoms with Crippen LogP contribution in [0.5, 0.6) is 5.75 Å². The van der Waals surface area contributed by atoms with Crippen molar-refractivity contribution in [2.75, 3.05) is 7.11 Å². The Hall–Kier alpha value is -1.12. The Balaban J connectivity index is 2.64. The number of ether oxygens (including phenoxy) is 1. The van der Waals surface area contributed by atoms with Gasteiger partial charge in [-0.25, -0.2) is 9.79 Å². The van der Waals surface area contributed by atoms with Crippen LogP contribution in [-0.4, -0.2) is 13.2 Å². The summed E-state index contributed by atoms with van der Waals surface area (Å²) < 4.78 is 6.51. The standard InChI is InChI=1S/C14H16BrNO2/c1-9-10-5-3-4-6-11(10)13(15)14(18-2)12(9)7-16-8-17/h3-7H2,1-2H3. The molecule has 18 heavy (non-hydrogen) atoms. The van der Waals surface area contributed by atoms with Gasteiger partial charge in [0, 0.05) is 5.56 Å². The molecular formula is C14H16BrNO2. The third kappa shape index (κ3) is 2.23. The fourth-order valence-electron chi connectivity index (χ4n) is 2.70. The second-order valence-electron chi connectivity index (χ2n) is 4.52. The molecule has 3 nitrogen and oxygen atoms in total. The van der Waals surface area contributed by atoms with Gasteiger partial charge in [-0.1, -0.05) is 0 Å². The van der Waals surface area contributed by atoms with Gasteiger partial charge >= 0.3 is 0 Å². The highest BCUT2D eigenvalue weighted by Crippen LogP contribution is 2.41. The summed E-state index contributed by atoms with van der Waals surface area (Å²) in [5.41, 5.74) is 4.96. The monoisotopic (exact) mass is 309 g/mol. The number of nitrogens with zero attached hydrogens (tertiary/aromatic N) is 1. The first kappa shape index (κ1) is 13.3. The lowest BCUT2D eigenvalue weighted by Gasteiger charge is -2.24. The Morgan fingerprint density at radius 2 is 2.00 bits per heavy atom. The summed E-state index contributed by atoms with van der Waals surface area (Å²) in [6.45, 7) is 2.43. The first-order valence-corrected chi connectivity index (χ1v) is 6.90. The van der Waals surface area contributed by atoms with Gasteiger partial charge in [0.25, 0.3) is 0 Å². The molecule has 96 valence electrons. The van der Waals surface area contributed by atoms with Crippen LogP contribution in [0.1, 0.15) is 35.1 Å². The van der Waals surface area contributed by atoms with E-state index in [4.69, 9.17) is 4.74 Å². The average Bonchev–Trinajstić information content (AvgIpc) is 2.41. The van der Waals surface area contributed by atoms with E-state index in [9.17, 15) is 4.79 Å². The molecule has 0 aliphatic heterocycles. The zero-order chi connectivity index (χ0) is 13.1. The quantitative estimate of drug-likeness (QED) is 0.633. The summed E-state index contributed by atoms with van der Waals surface area (Å²) in [7, 11) is 1.66. The van der Waals surface area contributed by atoms with Crippen molar-refractivity contribution in [3.05, 3.63) is 26.7 Å². The minimum absolute atomic E-state index is 0.338. The summed E-state index contributed by atoms with van der Waals surface area (Å²) in [5.74, 6) is 0.812. The van der Waals surface area contributed by atoms with E-state index in [2.05, 4.69) is 27.8 Å². The van der Waals surface area contributed by atoms with Crippen molar-refractivity contribution in [1.29, 1.82) is 0 Å². The van der Waals surface area contributed by atoms with Crippen LogP contribution in [-0.2, 0) is 24.2 Å².